The number of hydrogen-bond acceptors (Lipinski definition) is 5. The van der Waals surface area contributed by atoms with Crippen LogP contribution in [0.1, 0.15) is 28.8 Å². The lowest BCUT2D eigenvalue weighted by Crippen LogP contribution is -2.26. The molecule has 23 heavy (non-hydrogen) atoms. The lowest BCUT2D eigenvalue weighted by Gasteiger charge is -2.22. The highest BCUT2D eigenvalue weighted by Gasteiger charge is 2.16. The Morgan fingerprint density at radius 3 is 2.78 bits per heavy atom. The number of nitrogens with zero attached hydrogens (tertiary/aromatic N) is 2. The van der Waals surface area contributed by atoms with Crippen molar-refractivity contribution in [2.45, 2.75) is 25.9 Å². The summed E-state index contributed by atoms with van der Waals surface area (Å²) in [6.45, 7) is 3.33. The van der Waals surface area contributed by atoms with Gasteiger partial charge in [0.1, 0.15) is 11.9 Å². The van der Waals surface area contributed by atoms with E-state index in [1.807, 2.05) is 19.1 Å². The molecule has 0 atom stereocenters. The molecule has 1 N–H and O–H groups in total. The quantitative estimate of drug-likeness (QED) is 0.939. The van der Waals surface area contributed by atoms with Crippen molar-refractivity contribution >= 4 is 11.7 Å². The van der Waals surface area contributed by atoms with Crippen molar-refractivity contribution in [3.8, 4) is 5.88 Å². The number of carbonyl (C=O) groups is 1. The zero-order valence-electron chi connectivity index (χ0n) is 13.0. The van der Waals surface area contributed by atoms with Gasteiger partial charge in [0.15, 0.2) is 0 Å². The van der Waals surface area contributed by atoms with E-state index in [9.17, 15) is 4.79 Å². The van der Waals surface area contributed by atoms with Crippen LogP contribution in [-0.4, -0.2) is 35.2 Å². The first-order valence-electron chi connectivity index (χ1n) is 7.66. The minimum absolute atomic E-state index is 0.132. The Hall–Kier alpha value is -2.47. The lowest BCUT2D eigenvalue weighted by molar-refractivity contribution is 0.0237. The number of pyridine rings is 2. The normalized spacial score (nSPS) is 15.2. The van der Waals surface area contributed by atoms with Crippen LogP contribution in [-0.2, 0) is 4.74 Å². The van der Waals surface area contributed by atoms with Gasteiger partial charge in [-0.2, -0.15) is 0 Å². The number of amides is 1. The molecule has 6 heteroatoms. The molecule has 0 unspecified atom stereocenters. The Morgan fingerprint density at radius 2 is 2.09 bits per heavy atom. The molecule has 120 valence electrons. The van der Waals surface area contributed by atoms with Crippen LogP contribution < -0.4 is 10.1 Å². The number of nitrogens with one attached hydrogen (secondary N) is 1. The summed E-state index contributed by atoms with van der Waals surface area (Å²) < 4.78 is 11.1. The van der Waals surface area contributed by atoms with Crippen LogP contribution in [0.4, 0.5) is 5.82 Å². The number of aryl methyl sites for hydroxylation is 1. The third kappa shape index (κ3) is 4.04. The van der Waals surface area contributed by atoms with Crippen molar-refractivity contribution in [3.63, 3.8) is 0 Å². The summed E-state index contributed by atoms with van der Waals surface area (Å²) in [7, 11) is 0. The Labute approximate surface area is 134 Å². The van der Waals surface area contributed by atoms with E-state index in [1.165, 1.54) is 6.20 Å². The highest BCUT2D eigenvalue weighted by atomic mass is 16.5. The summed E-state index contributed by atoms with van der Waals surface area (Å²) in [5, 5.41) is 2.78. The number of ether oxygens (including phenoxy) is 2. The average molecular weight is 313 g/mol. The Balaban J connectivity index is 1.62. The van der Waals surface area contributed by atoms with Gasteiger partial charge in [-0.3, -0.25) is 4.79 Å². The second kappa shape index (κ2) is 7.19. The van der Waals surface area contributed by atoms with Crippen molar-refractivity contribution in [1.82, 2.24) is 9.97 Å². The van der Waals surface area contributed by atoms with Crippen molar-refractivity contribution in [2.24, 2.45) is 0 Å². The Kier molecular flexibility index (Phi) is 4.83. The number of rotatable bonds is 4. The summed E-state index contributed by atoms with van der Waals surface area (Å²) >= 11 is 0. The van der Waals surface area contributed by atoms with E-state index in [0.717, 1.165) is 18.4 Å². The minimum atomic E-state index is -0.239. The van der Waals surface area contributed by atoms with E-state index in [1.54, 1.807) is 18.3 Å². The maximum Gasteiger partial charge on any atom is 0.258 e. The van der Waals surface area contributed by atoms with E-state index in [4.69, 9.17) is 9.47 Å². The van der Waals surface area contributed by atoms with Gasteiger partial charge in [-0.1, -0.05) is 6.07 Å². The van der Waals surface area contributed by atoms with Crippen molar-refractivity contribution < 1.29 is 14.3 Å². The van der Waals surface area contributed by atoms with Crippen LogP contribution in [0.5, 0.6) is 5.88 Å². The van der Waals surface area contributed by atoms with Gasteiger partial charge in [0.05, 0.1) is 18.8 Å². The fourth-order valence-electron chi connectivity index (χ4n) is 2.35. The zero-order valence-corrected chi connectivity index (χ0v) is 13.0. The number of aromatic nitrogens is 2. The maximum atomic E-state index is 12.2. The van der Waals surface area contributed by atoms with E-state index in [-0.39, 0.29) is 12.0 Å². The molecule has 6 nitrogen and oxygen atoms in total. The molecule has 1 saturated heterocycles. The molecule has 1 aliphatic heterocycles. The fraction of sp³-hybridized carbons (Fsp3) is 0.353. The first-order valence-corrected chi connectivity index (χ1v) is 7.66. The number of anilines is 1. The summed E-state index contributed by atoms with van der Waals surface area (Å²) in [5.41, 5.74) is 1.38. The van der Waals surface area contributed by atoms with Crippen molar-refractivity contribution in [3.05, 3.63) is 47.8 Å². The molecule has 2 aromatic rings. The van der Waals surface area contributed by atoms with Crippen molar-refractivity contribution in [2.75, 3.05) is 18.5 Å². The molecule has 0 aromatic carbocycles. The first-order chi connectivity index (χ1) is 11.2. The SMILES string of the molecule is Cc1cccnc1NC(=O)c1ccc(OC2CCOCC2)nc1. The first kappa shape index (κ1) is 15.4. The second-order valence-corrected chi connectivity index (χ2v) is 5.44. The van der Waals surface area contributed by atoms with Crippen LogP contribution in [0.25, 0.3) is 0 Å². The van der Waals surface area contributed by atoms with Crippen LogP contribution in [0.3, 0.4) is 0 Å². The van der Waals surface area contributed by atoms with Crippen LogP contribution in [0, 0.1) is 6.92 Å². The molecular weight excluding hydrogens is 294 g/mol. The van der Waals surface area contributed by atoms with Gasteiger partial charge < -0.3 is 14.8 Å². The maximum absolute atomic E-state index is 12.2. The third-order valence-corrected chi connectivity index (χ3v) is 3.70. The van der Waals surface area contributed by atoms with E-state index >= 15 is 0 Å². The van der Waals surface area contributed by atoms with Crippen molar-refractivity contribution in [1.29, 1.82) is 0 Å². The van der Waals surface area contributed by atoms with Gasteiger partial charge in [0, 0.05) is 31.3 Å². The highest BCUT2D eigenvalue weighted by molar-refractivity contribution is 6.03. The molecular formula is C17H19N3O3. The molecule has 0 aliphatic carbocycles. The van der Waals surface area contributed by atoms with Gasteiger partial charge in [-0.05, 0) is 24.6 Å². The molecule has 2 aromatic heterocycles. The largest absolute Gasteiger partial charge is 0.474 e. The highest BCUT2D eigenvalue weighted by Crippen LogP contribution is 2.17. The van der Waals surface area contributed by atoms with Gasteiger partial charge in [0.25, 0.3) is 5.91 Å². The average Bonchev–Trinajstić information content (AvgIpc) is 2.58. The topological polar surface area (TPSA) is 73.3 Å². The molecule has 3 heterocycles. The van der Waals surface area contributed by atoms with Gasteiger partial charge in [0.2, 0.25) is 5.88 Å². The molecule has 0 spiro atoms. The van der Waals surface area contributed by atoms with Crippen LogP contribution in [0.15, 0.2) is 36.7 Å². The molecule has 0 radical (unpaired) electrons. The summed E-state index contributed by atoms with van der Waals surface area (Å²) in [6, 6.07) is 7.14. The van der Waals surface area contributed by atoms with Gasteiger partial charge in [-0.15, -0.1) is 0 Å². The predicted octanol–water partition coefficient (Wildman–Crippen LogP) is 2.60. The molecule has 0 bridgehead atoms. The summed E-state index contributed by atoms with van der Waals surface area (Å²) in [5.74, 6) is 0.847. The number of carbonyl (C=O) groups excluding carboxylic acids is 1. The standard InChI is InChI=1S/C17H19N3O3/c1-12-3-2-8-18-16(12)20-17(21)13-4-5-15(19-11-13)23-14-6-9-22-10-7-14/h2-5,8,11,14H,6-7,9-10H2,1H3,(H,18,20,21). The lowest BCUT2D eigenvalue weighted by atomic mass is 10.1. The number of hydrogen-bond donors (Lipinski definition) is 1. The minimum Gasteiger partial charge on any atom is -0.474 e. The smallest absolute Gasteiger partial charge is 0.258 e. The molecule has 0 saturated carbocycles. The zero-order chi connectivity index (χ0) is 16.1. The summed E-state index contributed by atoms with van der Waals surface area (Å²) in [6.07, 6.45) is 5.02. The van der Waals surface area contributed by atoms with Crippen LogP contribution >= 0.6 is 0 Å². The Morgan fingerprint density at radius 1 is 1.26 bits per heavy atom. The molecule has 1 amide bonds. The third-order valence-electron chi connectivity index (χ3n) is 3.70. The van der Waals surface area contributed by atoms with E-state index in [0.29, 0.717) is 30.5 Å². The van der Waals surface area contributed by atoms with E-state index < -0.39 is 0 Å². The molecule has 3 rings (SSSR count). The molecule has 1 aliphatic rings. The van der Waals surface area contributed by atoms with Gasteiger partial charge in [-0.25, -0.2) is 9.97 Å². The predicted molar refractivity (Wildman–Crippen MR) is 85.6 cm³/mol. The van der Waals surface area contributed by atoms with Crippen LogP contribution in [0.2, 0.25) is 0 Å². The molecule has 1 fully saturated rings. The second-order valence-electron chi connectivity index (χ2n) is 5.44. The monoisotopic (exact) mass is 313 g/mol. The fourth-order valence-corrected chi connectivity index (χ4v) is 2.35. The summed E-state index contributed by atoms with van der Waals surface area (Å²) in [4.78, 5) is 20.6. The van der Waals surface area contributed by atoms with Gasteiger partial charge >= 0.3 is 0 Å². The van der Waals surface area contributed by atoms with E-state index in [2.05, 4.69) is 15.3 Å². The Bertz CT molecular complexity index is 667.